The van der Waals surface area contributed by atoms with Gasteiger partial charge in [-0.1, -0.05) is 36.4 Å². The predicted octanol–water partition coefficient (Wildman–Crippen LogP) is 2.27. The lowest BCUT2D eigenvalue weighted by Gasteiger charge is -2.34. The molecule has 1 amide bonds. The van der Waals surface area contributed by atoms with E-state index >= 15 is 0 Å². The Labute approximate surface area is 165 Å². The quantitative estimate of drug-likeness (QED) is 0.722. The highest BCUT2D eigenvalue weighted by Crippen LogP contribution is 2.20. The molecule has 1 fully saturated rings. The molecular formula is C21H24N2O4S. The van der Waals surface area contributed by atoms with Gasteiger partial charge in [0.2, 0.25) is 15.9 Å². The van der Waals surface area contributed by atoms with Crippen LogP contribution in [0, 0.1) is 6.92 Å². The van der Waals surface area contributed by atoms with Crippen molar-refractivity contribution in [3.8, 4) is 0 Å². The minimum Gasteiger partial charge on any atom is -0.340 e. The van der Waals surface area contributed by atoms with E-state index in [4.69, 9.17) is 0 Å². The Morgan fingerprint density at radius 1 is 0.964 bits per heavy atom. The molecule has 6 nitrogen and oxygen atoms in total. The van der Waals surface area contributed by atoms with Crippen molar-refractivity contribution in [2.45, 2.75) is 25.2 Å². The Bertz CT molecular complexity index is 993. The van der Waals surface area contributed by atoms with Crippen LogP contribution in [0.5, 0.6) is 0 Å². The van der Waals surface area contributed by atoms with Crippen LogP contribution in [0.3, 0.4) is 0 Å². The van der Waals surface area contributed by atoms with Gasteiger partial charge in [-0.05, 0) is 37.1 Å². The first-order chi connectivity index (χ1) is 13.3. The lowest BCUT2D eigenvalue weighted by atomic mass is 10.1. The molecule has 7 heteroatoms. The molecule has 0 spiro atoms. The molecule has 28 heavy (non-hydrogen) atoms. The van der Waals surface area contributed by atoms with Crippen molar-refractivity contribution in [1.82, 2.24) is 9.21 Å². The van der Waals surface area contributed by atoms with Gasteiger partial charge >= 0.3 is 0 Å². The van der Waals surface area contributed by atoms with E-state index in [1.807, 2.05) is 31.2 Å². The van der Waals surface area contributed by atoms with E-state index in [0.717, 1.165) is 11.1 Å². The second-order valence-corrected chi connectivity index (χ2v) is 8.91. The van der Waals surface area contributed by atoms with Gasteiger partial charge in [-0.2, -0.15) is 4.31 Å². The Morgan fingerprint density at radius 3 is 2.29 bits per heavy atom. The highest BCUT2D eigenvalue weighted by molar-refractivity contribution is 7.89. The molecule has 0 radical (unpaired) electrons. The predicted molar refractivity (Wildman–Crippen MR) is 107 cm³/mol. The molecule has 0 saturated carbocycles. The van der Waals surface area contributed by atoms with Crippen LogP contribution in [0.15, 0.2) is 53.4 Å². The van der Waals surface area contributed by atoms with Crippen LogP contribution in [0.25, 0.3) is 0 Å². The number of carbonyl (C=O) groups is 2. The first-order valence-electron chi connectivity index (χ1n) is 9.22. The molecule has 0 unspecified atom stereocenters. The van der Waals surface area contributed by atoms with E-state index in [1.54, 1.807) is 17.0 Å². The number of carbonyl (C=O) groups excluding carboxylic acids is 2. The molecule has 0 bridgehead atoms. The van der Waals surface area contributed by atoms with Crippen molar-refractivity contribution in [3.05, 3.63) is 65.2 Å². The van der Waals surface area contributed by atoms with Crippen LogP contribution in [0.2, 0.25) is 0 Å². The molecule has 148 valence electrons. The smallest absolute Gasteiger partial charge is 0.243 e. The average Bonchev–Trinajstić information content (AvgIpc) is 2.70. The van der Waals surface area contributed by atoms with E-state index < -0.39 is 10.0 Å². The molecule has 0 N–H and O–H groups in total. The number of benzene rings is 2. The number of nitrogens with zero attached hydrogens (tertiary/aromatic N) is 2. The van der Waals surface area contributed by atoms with Gasteiger partial charge in [-0.3, -0.25) is 9.59 Å². The van der Waals surface area contributed by atoms with E-state index in [2.05, 4.69) is 0 Å². The van der Waals surface area contributed by atoms with Crippen LogP contribution in [0.4, 0.5) is 0 Å². The number of aryl methyl sites for hydroxylation is 1. The maximum atomic E-state index is 12.9. The van der Waals surface area contributed by atoms with E-state index in [9.17, 15) is 18.0 Å². The van der Waals surface area contributed by atoms with Crippen LogP contribution >= 0.6 is 0 Å². The highest BCUT2D eigenvalue weighted by Gasteiger charge is 2.30. The summed E-state index contributed by atoms with van der Waals surface area (Å²) in [5.74, 6) is -0.173. The zero-order valence-electron chi connectivity index (χ0n) is 16.1. The van der Waals surface area contributed by atoms with Gasteiger partial charge in [0.1, 0.15) is 0 Å². The fourth-order valence-corrected chi connectivity index (χ4v) is 4.75. The van der Waals surface area contributed by atoms with Crippen LogP contribution in [-0.4, -0.2) is 55.5 Å². The molecule has 1 aliphatic heterocycles. The van der Waals surface area contributed by atoms with Gasteiger partial charge in [0.05, 0.1) is 11.3 Å². The summed E-state index contributed by atoms with van der Waals surface area (Å²) in [7, 11) is -3.69. The van der Waals surface area contributed by atoms with Crippen molar-refractivity contribution in [2.24, 2.45) is 0 Å². The summed E-state index contributed by atoms with van der Waals surface area (Å²) in [6.07, 6.45) is 0.320. The summed E-state index contributed by atoms with van der Waals surface area (Å²) in [5.41, 5.74) is 2.43. The van der Waals surface area contributed by atoms with Crippen LogP contribution in [-0.2, 0) is 21.2 Å². The molecule has 0 aliphatic carbocycles. The van der Waals surface area contributed by atoms with Crippen molar-refractivity contribution in [3.63, 3.8) is 0 Å². The monoisotopic (exact) mass is 400 g/mol. The molecule has 0 aromatic heterocycles. The Morgan fingerprint density at radius 2 is 1.64 bits per heavy atom. The first-order valence-corrected chi connectivity index (χ1v) is 10.7. The number of hydrogen-bond donors (Lipinski definition) is 0. The summed E-state index contributed by atoms with van der Waals surface area (Å²) >= 11 is 0. The average molecular weight is 401 g/mol. The third-order valence-electron chi connectivity index (χ3n) is 5.07. The lowest BCUT2D eigenvalue weighted by molar-refractivity contribution is -0.131. The standard InChI is InChI=1S/C21H24N2O4S/c1-16-6-3-4-7-18(16)15-21(25)22-10-12-23(13-11-22)28(26,27)20-9-5-8-19(14-20)17(2)24/h3-9,14H,10-13,15H2,1-2H3. The van der Waals surface area contributed by atoms with Crippen LogP contribution < -0.4 is 0 Å². The summed E-state index contributed by atoms with van der Waals surface area (Å²) in [6.45, 7) is 4.58. The molecular weight excluding hydrogens is 376 g/mol. The normalized spacial score (nSPS) is 15.4. The zero-order valence-corrected chi connectivity index (χ0v) is 16.9. The maximum absolute atomic E-state index is 12.9. The van der Waals surface area contributed by atoms with Gasteiger partial charge in [0, 0.05) is 31.7 Å². The molecule has 1 heterocycles. The number of ketones is 1. The summed E-state index contributed by atoms with van der Waals surface area (Å²) in [4.78, 5) is 26.0. The Kier molecular flexibility index (Phi) is 5.96. The topological polar surface area (TPSA) is 74.8 Å². The second-order valence-electron chi connectivity index (χ2n) is 6.97. The van der Waals surface area contributed by atoms with Crippen molar-refractivity contribution < 1.29 is 18.0 Å². The van der Waals surface area contributed by atoms with E-state index in [1.165, 1.54) is 23.4 Å². The second kappa shape index (κ2) is 8.24. The number of amides is 1. The highest BCUT2D eigenvalue weighted by atomic mass is 32.2. The van der Waals surface area contributed by atoms with Crippen molar-refractivity contribution in [1.29, 1.82) is 0 Å². The largest absolute Gasteiger partial charge is 0.340 e. The Hall–Kier alpha value is -2.51. The minimum atomic E-state index is -3.69. The molecule has 2 aromatic rings. The fraction of sp³-hybridized carbons (Fsp3) is 0.333. The van der Waals surface area contributed by atoms with Gasteiger partial charge in [-0.15, -0.1) is 0 Å². The maximum Gasteiger partial charge on any atom is 0.243 e. The van der Waals surface area contributed by atoms with Crippen molar-refractivity contribution >= 4 is 21.7 Å². The third-order valence-corrected chi connectivity index (χ3v) is 6.97. The number of rotatable bonds is 5. The number of sulfonamides is 1. The van der Waals surface area contributed by atoms with E-state index in [0.29, 0.717) is 25.1 Å². The molecule has 1 saturated heterocycles. The molecule has 2 aromatic carbocycles. The minimum absolute atomic E-state index is 0.00456. The summed E-state index contributed by atoms with van der Waals surface area (Å²) in [6, 6.07) is 13.8. The first kappa shape index (κ1) is 20.2. The summed E-state index contributed by atoms with van der Waals surface area (Å²) < 4.78 is 27.1. The fourth-order valence-electron chi connectivity index (χ4n) is 3.29. The molecule has 0 atom stereocenters. The third kappa shape index (κ3) is 4.31. The van der Waals surface area contributed by atoms with Gasteiger partial charge < -0.3 is 4.90 Å². The van der Waals surface area contributed by atoms with Crippen molar-refractivity contribution in [2.75, 3.05) is 26.2 Å². The lowest BCUT2D eigenvalue weighted by Crippen LogP contribution is -2.50. The van der Waals surface area contributed by atoms with E-state index in [-0.39, 0.29) is 29.7 Å². The van der Waals surface area contributed by atoms with Gasteiger partial charge in [0.25, 0.3) is 0 Å². The number of Topliss-reactive ketones (excluding diaryl/α,β-unsaturated/α-hetero) is 1. The van der Waals surface area contributed by atoms with Gasteiger partial charge in [0.15, 0.2) is 5.78 Å². The summed E-state index contributed by atoms with van der Waals surface area (Å²) in [5, 5.41) is 0. The Balaban J connectivity index is 1.66. The zero-order chi connectivity index (χ0) is 20.3. The van der Waals surface area contributed by atoms with Gasteiger partial charge in [-0.25, -0.2) is 8.42 Å². The molecule has 1 aliphatic rings. The SMILES string of the molecule is CC(=O)c1cccc(S(=O)(=O)N2CCN(C(=O)Cc3ccccc3C)CC2)c1. The number of piperazine rings is 1. The molecule has 3 rings (SSSR count). The number of hydrogen-bond acceptors (Lipinski definition) is 4. The van der Waals surface area contributed by atoms with Crippen LogP contribution in [0.1, 0.15) is 28.4 Å².